The number of hydrogen-bond donors (Lipinski definition) is 3. The van der Waals surface area contributed by atoms with Crippen LogP contribution in [0.3, 0.4) is 0 Å². The topological polar surface area (TPSA) is 117 Å². The van der Waals surface area contributed by atoms with Crippen molar-refractivity contribution in [3.63, 3.8) is 0 Å². The van der Waals surface area contributed by atoms with Crippen molar-refractivity contribution in [3.05, 3.63) is 76.9 Å². The average molecular weight is 540 g/mol. The lowest BCUT2D eigenvalue weighted by Gasteiger charge is -2.36. The molecule has 0 aliphatic carbocycles. The van der Waals surface area contributed by atoms with Crippen molar-refractivity contribution < 1.29 is 14.0 Å². The maximum atomic E-state index is 12.8. The second-order valence-electron chi connectivity index (χ2n) is 9.77. The second-order valence-corrected chi connectivity index (χ2v) is 15.0. The number of anilines is 3. The van der Waals surface area contributed by atoms with Gasteiger partial charge in [0.1, 0.15) is 23.7 Å². The van der Waals surface area contributed by atoms with E-state index in [9.17, 15) is 9.59 Å². The molecular formula is C25H30ClN7O3Si. The molecule has 0 fully saturated rings. The van der Waals surface area contributed by atoms with Gasteiger partial charge >= 0.3 is 0 Å². The number of carbonyl (C=O) groups excluding carboxylic acids is 2. The van der Waals surface area contributed by atoms with Gasteiger partial charge in [-0.05, 0) is 54.5 Å². The molecule has 1 aromatic carbocycles. The highest BCUT2D eigenvalue weighted by Gasteiger charge is 2.37. The summed E-state index contributed by atoms with van der Waals surface area (Å²) in [5.41, 5.74) is 1.10. The summed E-state index contributed by atoms with van der Waals surface area (Å²) in [7, 11) is -1.90. The lowest BCUT2D eigenvalue weighted by Crippen LogP contribution is -2.42. The molecule has 0 unspecified atom stereocenters. The Bertz CT molecular complexity index is 1280. The molecule has 0 spiro atoms. The van der Waals surface area contributed by atoms with Crippen LogP contribution in [-0.4, -0.2) is 48.2 Å². The fourth-order valence-corrected chi connectivity index (χ4v) is 4.16. The maximum Gasteiger partial charge on any atom is 0.276 e. The Morgan fingerprint density at radius 2 is 1.81 bits per heavy atom. The summed E-state index contributed by atoms with van der Waals surface area (Å²) in [6.07, 6.45) is 2.67. The average Bonchev–Trinajstić information content (AvgIpc) is 3.34. The van der Waals surface area contributed by atoms with Gasteiger partial charge in [-0.3, -0.25) is 9.59 Å². The minimum absolute atomic E-state index is 0.00761. The molecule has 3 aromatic rings. The van der Waals surface area contributed by atoms with E-state index in [-0.39, 0.29) is 22.2 Å². The highest BCUT2D eigenvalue weighted by atomic mass is 35.5. The van der Waals surface area contributed by atoms with Crippen LogP contribution >= 0.6 is 11.6 Å². The molecule has 0 radical (unpaired) electrons. The van der Waals surface area contributed by atoms with E-state index in [2.05, 4.69) is 64.4 Å². The number of nitrogens with one attached hydrogen (secondary N) is 3. The van der Waals surface area contributed by atoms with Crippen LogP contribution in [-0.2, 0) is 4.43 Å². The number of amides is 2. The van der Waals surface area contributed by atoms with Gasteiger partial charge in [0.25, 0.3) is 11.8 Å². The Labute approximate surface area is 222 Å². The molecular weight excluding hydrogens is 510 g/mol. The standard InChI is InChI=1S/C25H30ClN7O3Si/c1-25(2,3)37(5,6)36-14-13-33(27-4)19-10-8-18(9-11-19)31-23(34)21-22(30-16-29-21)24(35)32-20-12-7-17(26)15-28-20/h7-12,15-16H,13-14H2,1-3,5-6H3,(H,29,30)(H,31,34)(H,28,32,35). The fourth-order valence-electron chi connectivity index (χ4n) is 3.02. The summed E-state index contributed by atoms with van der Waals surface area (Å²) < 4.78 is 6.18. The molecule has 0 aliphatic rings. The molecule has 0 saturated heterocycles. The molecule has 3 rings (SSSR count). The molecule has 2 aromatic heterocycles. The molecule has 194 valence electrons. The Kier molecular flexibility index (Phi) is 8.70. The zero-order valence-electron chi connectivity index (χ0n) is 21.4. The quantitative estimate of drug-likeness (QED) is 0.184. The monoisotopic (exact) mass is 539 g/mol. The number of aromatic amines is 1. The second kappa shape index (κ2) is 11.6. The van der Waals surface area contributed by atoms with Crippen LogP contribution in [0.2, 0.25) is 23.2 Å². The number of rotatable bonds is 9. The Balaban J connectivity index is 1.61. The summed E-state index contributed by atoms with van der Waals surface area (Å²) in [5.74, 6) is -0.849. The first-order valence-corrected chi connectivity index (χ1v) is 14.9. The van der Waals surface area contributed by atoms with Gasteiger partial charge < -0.3 is 20.0 Å². The molecule has 2 amide bonds. The van der Waals surface area contributed by atoms with Gasteiger partial charge in [0, 0.05) is 11.9 Å². The van der Waals surface area contributed by atoms with E-state index in [0.29, 0.717) is 29.5 Å². The first kappa shape index (κ1) is 27.9. The first-order chi connectivity index (χ1) is 17.4. The van der Waals surface area contributed by atoms with Gasteiger partial charge in [0.15, 0.2) is 14.0 Å². The number of imidazole rings is 1. The molecule has 2 heterocycles. The van der Waals surface area contributed by atoms with E-state index in [1.54, 1.807) is 36.4 Å². The van der Waals surface area contributed by atoms with Crippen LogP contribution < -0.4 is 15.6 Å². The molecule has 0 bridgehead atoms. The molecule has 10 nitrogen and oxygen atoms in total. The maximum absolute atomic E-state index is 12.8. The van der Waals surface area contributed by atoms with Crippen molar-refractivity contribution >= 4 is 48.9 Å². The summed E-state index contributed by atoms with van der Waals surface area (Å²) >= 11 is 5.81. The smallest absolute Gasteiger partial charge is 0.276 e. The minimum atomic E-state index is -1.90. The van der Waals surface area contributed by atoms with E-state index < -0.39 is 20.1 Å². The third kappa shape index (κ3) is 7.16. The highest BCUT2D eigenvalue weighted by molar-refractivity contribution is 6.74. The number of hydrogen-bond acceptors (Lipinski definition) is 6. The number of halogens is 1. The van der Waals surface area contributed by atoms with Crippen LogP contribution in [0.25, 0.3) is 4.95 Å². The molecule has 0 atom stereocenters. The van der Waals surface area contributed by atoms with E-state index >= 15 is 0 Å². The lowest BCUT2D eigenvalue weighted by atomic mass is 10.2. The number of nitrogens with zero attached hydrogens (tertiary/aromatic N) is 4. The van der Waals surface area contributed by atoms with Gasteiger partial charge in [-0.1, -0.05) is 37.4 Å². The lowest BCUT2D eigenvalue weighted by molar-refractivity contribution is 0.0985. The third-order valence-electron chi connectivity index (χ3n) is 6.17. The van der Waals surface area contributed by atoms with Crippen molar-refractivity contribution in [2.24, 2.45) is 0 Å². The summed E-state index contributed by atoms with van der Waals surface area (Å²) in [4.78, 5) is 39.7. The van der Waals surface area contributed by atoms with Crippen LogP contribution in [0.5, 0.6) is 0 Å². The molecule has 37 heavy (non-hydrogen) atoms. The number of aromatic nitrogens is 3. The zero-order valence-corrected chi connectivity index (χ0v) is 23.2. The van der Waals surface area contributed by atoms with Gasteiger partial charge in [0.2, 0.25) is 0 Å². The predicted molar refractivity (Wildman–Crippen MR) is 147 cm³/mol. The normalized spacial score (nSPS) is 11.5. The fraction of sp³-hybridized carbons (Fsp3) is 0.320. The third-order valence-corrected chi connectivity index (χ3v) is 10.9. The van der Waals surface area contributed by atoms with Crippen molar-refractivity contribution in [2.45, 2.75) is 38.9 Å². The minimum Gasteiger partial charge on any atom is -0.415 e. The van der Waals surface area contributed by atoms with Crippen LogP contribution in [0.15, 0.2) is 48.9 Å². The van der Waals surface area contributed by atoms with Crippen molar-refractivity contribution in [1.82, 2.24) is 15.0 Å². The highest BCUT2D eigenvalue weighted by Crippen LogP contribution is 2.36. The molecule has 12 heteroatoms. The number of carbonyl (C=O) groups is 2. The number of benzene rings is 1. The number of pyridine rings is 1. The summed E-state index contributed by atoms with van der Waals surface area (Å²) in [5, 5.41) is 7.37. The van der Waals surface area contributed by atoms with Crippen LogP contribution in [0.4, 0.5) is 17.2 Å². The van der Waals surface area contributed by atoms with Crippen molar-refractivity contribution in [1.29, 1.82) is 0 Å². The summed E-state index contributed by atoms with van der Waals surface area (Å²) in [6, 6.07) is 9.98. The van der Waals surface area contributed by atoms with E-state index in [1.165, 1.54) is 17.5 Å². The van der Waals surface area contributed by atoms with Crippen LogP contribution in [0, 0.1) is 6.57 Å². The molecule has 0 saturated carbocycles. The van der Waals surface area contributed by atoms with Gasteiger partial charge in [-0.25, -0.2) is 9.97 Å². The van der Waals surface area contributed by atoms with Crippen LogP contribution in [0.1, 0.15) is 41.7 Å². The van der Waals surface area contributed by atoms with E-state index in [1.807, 2.05) is 0 Å². The van der Waals surface area contributed by atoms with Gasteiger partial charge in [0.05, 0.1) is 18.0 Å². The zero-order chi connectivity index (χ0) is 27.2. The first-order valence-electron chi connectivity index (χ1n) is 11.6. The van der Waals surface area contributed by atoms with Crippen molar-refractivity contribution in [2.75, 3.05) is 28.8 Å². The Hall–Kier alpha value is -3.72. The van der Waals surface area contributed by atoms with Crippen molar-refractivity contribution in [3.8, 4) is 0 Å². The number of H-pyrrole nitrogens is 1. The SMILES string of the molecule is [C-]#[N+]N(CCO[Si](C)(C)C(C)(C)C)c1ccc(NC(=O)c2nc[nH]c2C(=O)Nc2ccc(Cl)cn2)cc1. The molecule has 0 aliphatic heterocycles. The Morgan fingerprint density at radius 1 is 1.11 bits per heavy atom. The van der Waals surface area contributed by atoms with E-state index in [4.69, 9.17) is 22.6 Å². The summed E-state index contributed by atoms with van der Waals surface area (Å²) in [6.45, 7) is 19.3. The van der Waals surface area contributed by atoms with Gasteiger partial charge in [-0.2, -0.15) is 11.5 Å². The molecule has 3 N–H and O–H groups in total. The largest absolute Gasteiger partial charge is 0.415 e. The van der Waals surface area contributed by atoms with E-state index in [0.717, 1.165) is 0 Å². The van der Waals surface area contributed by atoms with Gasteiger partial charge in [-0.15, -0.1) is 0 Å². The predicted octanol–water partition coefficient (Wildman–Crippen LogP) is 5.63. The Morgan fingerprint density at radius 3 is 2.41 bits per heavy atom.